The van der Waals surface area contributed by atoms with Gasteiger partial charge in [0.2, 0.25) is 0 Å². The number of nitrogens with one attached hydrogen (secondary N) is 2. The number of hydrogen-bond acceptors (Lipinski definition) is 4. The number of aliphatic carboxylic acids is 1. The highest BCUT2D eigenvalue weighted by Crippen LogP contribution is 2.19. The van der Waals surface area contributed by atoms with Crippen LogP contribution in [0.3, 0.4) is 0 Å². The summed E-state index contributed by atoms with van der Waals surface area (Å²) in [4.78, 5) is 33.8. The summed E-state index contributed by atoms with van der Waals surface area (Å²) in [6, 6.07) is -1.90. The second kappa shape index (κ2) is 9.20. The smallest absolute Gasteiger partial charge is 0.326 e. The van der Waals surface area contributed by atoms with Crippen molar-refractivity contribution in [1.29, 1.82) is 0 Å². The first-order chi connectivity index (χ1) is 9.68. The lowest BCUT2D eigenvalue weighted by Gasteiger charge is -2.25. The molecule has 0 bridgehead atoms. The van der Waals surface area contributed by atoms with Gasteiger partial charge in [0.1, 0.15) is 6.04 Å². The monoisotopic (exact) mass is 302 g/mol. The number of ether oxygens (including phenoxy) is 1. The van der Waals surface area contributed by atoms with Crippen molar-refractivity contribution in [1.82, 2.24) is 10.6 Å². The zero-order chi connectivity index (χ0) is 16.6. The van der Waals surface area contributed by atoms with E-state index in [4.69, 9.17) is 5.11 Å². The summed E-state index contributed by atoms with van der Waals surface area (Å²) < 4.78 is 4.40. The molecule has 0 saturated heterocycles. The molecule has 122 valence electrons. The predicted octanol–water partition coefficient (Wildman–Crippen LogP) is 1.23. The van der Waals surface area contributed by atoms with Gasteiger partial charge in [0.25, 0.3) is 0 Å². The van der Waals surface area contributed by atoms with Crippen LogP contribution in [-0.4, -0.2) is 42.8 Å². The topological polar surface area (TPSA) is 105 Å². The van der Waals surface area contributed by atoms with Crippen molar-refractivity contribution in [2.45, 2.75) is 40.2 Å². The van der Waals surface area contributed by atoms with Gasteiger partial charge in [0.15, 0.2) is 0 Å². The largest absolute Gasteiger partial charge is 0.480 e. The van der Waals surface area contributed by atoms with Crippen LogP contribution >= 0.6 is 0 Å². The fraction of sp³-hybridized carbons (Fsp3) is 0.786. The molecule has 0 aliphatic heterocycles. The van der Waals surface area contributed by atoms with E-state index in [0.29, 0.717) is 24.3 Å². The number of hydrogen-bond donors (Lipinski definition) is 3. The molecule has 0 heterocycles. The Hall–Kier alpha value is -1.79. The fourth-order valence-electron chi connectivity index (χ4n) is 2.11. The summed E-state index contributed by atoms with van der Waals surface area (Å²) in [7, 11) is 1.16. The standard InChI is InChI=1S/C14H26N2O5/c1-8(2)10(9(3)4)7-15-14(20)16-11(13(18)19)6-12(17)21-5/h8-11H,6-7H2,1-5H3,(H,18,19)(H2,15,16,20)/t11-/m0/s1. The minimum Gasteiger partial charge on any atom is -0.480 e. The van der Waals surface area contributed by atoms with Gasteiger partial charge in [-0.15, -0.1) is 0 Å². The molecular weight excluding hydrogens is 276 g/mol. The van der Waals surface area contributed by atoms with Crippen molar-refractivity contribution in [3.05, 3.63) is 0 Å². The minimum absolute atomic E-state index is 0.291. The summed E-state index contributed by atoms with van der Waals surface area (Å²) in [5.74, 6) is -0.879. The summed E-state index contributed by atoms with van der Waals surface area (Å²) >= 11 is 0. The van der Waals surface area contributed by atoms with Crippen LogP contribution in [0.5, 0.6) is 0 Å². The molecular formula is C14H26N2O5. The lowest BCUT2D eigenvalue weighted by molar-refractivity contribution is -0.147. The average molecular weight is 302 g/mol. The van der Waals surface area contributed by atoms with E-state index in [1.54, 1.807) is 0 Å². The number of carboxylic acids is 1. The third kappa shape index (κ3) is 7.53. The third-order valence-electron chi connectivity index (χ3n) is 3.41. The quantitative estimate of drug-likeness (QED) is 0.585. The van der Waals surface area contributed by atoms with Crippen LogP contribution in [0.1, 0.15) is 34.1 Å². The second-order valence-corrected chi connectivity index (χ2v) is 5.68. The highest BCUT2D eigenvalue weighted by Gasteiger charge is 2.24. The van der Waals surface area contributed by atoms with Gasteiger partial charge in [-0.1, -0.05) is 27.7 Å². The van der Waals surface area contributed by atoms with E-state index in [2.05, 4.69) is 43.1 Å². The fourth-order valence-corrected chi connectivity index (χ4v) is 2.11. The van der Waals surface area contributed by atoms with Gasteiger partial charge in [-0.3, -0.25) is 4.79 Å². The Kier molecular flexibility index (Phi) is 8.42. The predicted molar refractivity (Wildman–Crippen MR) is 77.8 cm³/mol. The first kappa shape index (κ1) is 19.2. The molecule has 0 rings (SSSR count). The van der Waals surface area contributed by atoms with Gasteiger partial charge in [0.05, 0.1) is 13.5 Å². The van der Waals surface area contributed by atoms with Crippen LogP contribution in [0.15, 0.2) is 0 Å². The third-order valence-corrected chi connectivity index (χ3v) is 3.41. The molecule has 1 atom stereocenters. The number of rotatable bonds is 8. The van der Waals surface area contributed by atoms with Crippen LogP contribution in [0.2, 0.25) is 0 Å². The highest BCUT2D eigenvalue weighted by atomic mass is 16.5. The van der Waals surface area contributed by atoms with Crippen LogP contribution < -0.4 is 10.6 Å². The van der Waals surface area contributed by atoms with Crippen molar-refractivity contribution in [2.24, 2.45) is 17.8 Å². The van der Waals surface area contributed by atoms with Crippen molar-refractivity contribution in [2.75, 3.05) is 13.7 Å². The molecule has 0 spiro atoms. The summed E-state index contributed by atoms with van der Waals surface area (Å²) in [6.45, 7) is 8.73. The Morgan fingerprint density at radius 2 is 1.62 bits per heavy atom. The molecule has 0 radical (unpaired) electrons. The van der Waals surface area contributed by atoms with E-state index in [-0.39, 0.29) is 0 Å². The lowest BCUT2D eigenvalue weighted by Crippen LogP contribution is -2.48. The van der Waals surface area contributed by atoms with E-state index in [0.717, 1.165) is 7.11 Å². The lowest BCUT2D eigenvalue weighted by atomic mass is 9.85. The van der Waals surface area contributed by atoms with Crippen molar-refractivity contribution in [3.8, 4) is 0 Å². The molecule has 21 heavy (non-hydrogen) atoms. The molecule has 0 aliphatic carbocycles. The number of methoxy groups -OCH3 is 1. The van der Waals surface area contributed by atoms with E-state index in [9.17, 15) is 14.4 Å². The maximum absolute atomic E-state index is 11.7. The molecule has 3 N–H and O–H groups in total. The van der Waals surface area contributed by atoms with Crippen LogP contribution in [0, 0.1) is 17.8 Å². The van der Waals surface area contributed by atoms with E-state index >= 15 is 0 Å². The molecule has 0 aromatic heterocycles. The van der Waals surface area contributed by atoms with Gasteiger partial charge >= 0.3 is 18.0 Å². The highest BCUT2D eigenvalue weighted by molar-refractivity contribution is 5.86. The minimum atomic E-state index is -1.30. The number of carbonyl (C=O) groups is 3. The van der Waals surface area contributed by atoms with E-state index in [1.807, 2.05) is 0 Å². The molecule has 0 unspecified atom stereocenters. The molecule has 2 amide bonds. The first-order valence-electron chi connectivity index (χ1n) is 7.03. The van der Waals surface area contributed by atoms with Gasteiger partial charge < -0.3 is 20.5 Å². The Morgan fingerprint density at radius 1 is 1.10 bits per heavy atom. The number of urea groups is 1. The Balaban J connectivity index is 4.44. The molecule has 0 aromatic carbocycles. The van der Waals surface area contributed by atoms with Crippen molar-refractivity contribution < 1.29 is 24.2 Å². The number of carboxylic acid groups (broad SMARTS) is 1. The van der Waals surface area contributed by atoms with E-state index in [1.165, 1.54) is 0 Å². The Labute approximate surface area is 125 Å². The normalized spacial score (nSPS) is 12.4. The van der Waals surface area contributed by atoms with Crippen LogP contribution in [-0.2, 0) is 14.3 Å². The molecule has 0 fully saturated rings. The second-order valence-electron chi connectivity index (χ2n) is 5.68. The number of esters is 1. The molecule has 0 saturated carbocycles. The number of amides is 2. The van der Waals surface area contributed by atoms with Crippen LogP contribution in [0.25, 0.3) is 0 Å². The van der Waals surface area contributed by atoms with Gasteiger partial charge in [-0.05, 0) is 17.8 Å². The maximum Gasteiger partial charge on any atom is 0.326 e. The first-order valence-corrected chi connectivity index (χ1v) is 7.03. The zero-order valence-electron chi connectivity index (χ0n) is 13.3. The van der Waals surface area contributed by atoms with Crippen molar-refractivity contribution >= 4 is 18.0 Å². The summed E-state index contributed by atoms with van der Waals surface area (Å²) in [5.41, 5.74) is 0. The molecule has 0 aliphatic rings. The Bertz CT molecular complexity index is 360. The Morgan fingerprint density at radius 3 is 2.00 bits per heavy atom. The molecule has 7 nitrogen and oxygen atoms in total. The molecule has 0 aromatic rings. The zero-order valence-corrected chi connectivity index (χ0v) is 13.3. The SMILES string of the molecule is COC(=O)C[C@H](NC(=O)NCC(C(C)C)C(C)C)C(=O)O. The maximum atomic E-state index is 11.7. The van der Waals surface area contributed by atoms with Gasteiger partial charge in [0, 0.05) is 6.54 Å². The average Bonchev–Trinajstić information content (AvgIpc) is 2.36. The van der Waals surface area contributed by atoms with E-state index < -0.39 is 30.4 Å². The molecule has 7 heteroatoms. The summed E-state index contributed by atoms with van der Waals surface area (Å²) in [5, 5.41) is 13.9. The van der Waals surface area contributed by atoms with Gasteiger partial charge in [-0.2, -0.15) is 0 Å². The summed E-state index contributed by atoms with van der Waals surface area (Å²) in [6.07, 6.45) is -0.406. The van der Waals surface area contributed by atoms with Crippen LogP contribution in [0.4, 0.5) is 4.79 Å². The number of carbonyl (C=O) groups excluding carboxylic acids is 2. The van der Waals surface area contributed by atoms with Gasteiger partial charge in [-0.25, -0.2) is 9.59 Å². The van der Waals surface area contributed by atoms with Crippen molar-refractivity contribution in [3.63, 3.8) is 0 Å².